The second-order valence-electron chi connectivity index (χ2n) is 10.2. The van der Waals surface area contributed by atoms with Crippen molar-refractivity contribution >= 4 is 24.1 Å². The topological polar surface area (TPSA) is 165 Å². The van der Waals surface area contributed by atoms with Gasteiger partial charge in [0, 0.05) is 14.1 Å². The van der Waals surface area contributed by atoms with Crippen LogP contribution in [-0.4, -0.2) is 84.8 Å². The fourth-order valence-electron chi connectivity index (χ4n) is 1.70. The smallest absolute Gasteiger partial charge is 0.408 e. The lowest BCUT2D eigenvalue weighted by Crippen LogP contribution is -2.55. The van der Waals surface area contributed by atoms with Gasteiger partial charge in [-0.25, -0.2) is 24.9 Å². The van der Waals surface area contributed by atoms with Crippen LogP contribution in [0.3, 0.4) is 0 Å². The molecule has 0 saturated carbocycles. The summed E-state index contributed by atoms with van der Waals surface area (Å²) in [6.07, 6.45) is 4.39. The van der Waals surface area contributed by atoms with Crippen molar-refractivity contribution in [1.29, 1.82) is 0 Å². The van der Waals surface area contributed by atoms with Crippen molar-refractivity contribution in [2.75, 3.05) is 28.3 Å². The van der Waals surface area contributed by atoms with Crippen LogP contribution in [-0.2, 0) is 28.7 Å². The van der Waals surface area contributed by atoms with Crippen LogP contribution < -0.4 is 16.1 Å². The average Bonchev–Trinajstić information content (AvgIpc) is 2.70. The third kappa shape index (κ3) is 24.4. The second-order valence-corrected chi connectivity index (χ2v) is 10.2. The SMILES string of the molecule is CC(C)(C)OC(=O)NC(C)(C)C(=O)O.CNOC.CON(C)C(=O)C(C)(C)NC(=O)OC(C)(C)C.[2H]C#C. The molecule has 0 aromatic rings. The number of nitrogens with one attached hydrogen (secondary N) is 3. The van der Waals surface area contributed by atoms with Crippen LogP contribution in [0.25, 0.3) is 0 Å². The van der Waals surface area contributed by atoms with Crippen molar-refractivity contribution in [3.63, 3.8) is 0 Å². The van der Waals surface area contributed by atoms with E-state index in [0.29, 0.717) is 0 Å². The van der Waals surface area contributed by atoms with Gasteiger partial charge in [0.1, 0.15) is 23.7 Å². The van der Waals surface area contributed by atoms with Gasteiger partial charge in [0.05, 0.1) is 14.2 Å². The van der Waals surface area contributed by atoms with Crippen LogP contribution in [0.4, 0.5) is 9.59 Å². The van der Waals surface area contributed by atoms with Crippen molar-refractivity contribution in [2.24, 2.45) is 0 Å². The van der Waals surface area contributed by atoms with Gasteiger partial charge in [-0.15, -0.1) is 12.8 Å². The van der Waals surface area contributed by atoms with Gasteiger partial charge in [0.2, 0.25) is 0 Å². The second kappa shape index (κ2) is 18.2. The average molecular weight is 538 g/mol. The molecule has 0 aliphatic heterocycles. The highest BCUT2D eigenvalue weighted by molar-refractivity contribution is 5.88. The maximum Gasteiger partial charge on any atom is 0.408 e. The number of amides is 3. The molecule has 0 saturated heterocycles. The van der Waals surface area contributed by atoms with E-state index in [1.807, 2.05) is 0 Å². The molecule has 0 aliphatic carbocycles. The molecule has 0 aliphatic rings. The summed E-state index contributed by atoms with van der Waals surface area (Å²) in [5.41, 5.74) is -1.20. The first-order chi connectivity index (χ1) is 16.9. The van der Waals surface area contributed by atoms with Crippen LogP contribution in [0.1, 0.15) is 70.6 Å². The minimum absolute atomic E-state index is 0.370. The molecule has 13 nitrogen and oxygen atoms in total. The number of carboxylic acids is 1. The number of hydroxylamine groups is 3. The van der Waals surface area contributed by atoms with Crippen molar-refractivity contribution in [1.82, 2.24) is 21.2 Å². The molecule has 0 radical (unpaired) electrons. The predicted octanol–water partition coefficient (Wildman–Crippen LogP) is 2.70. The molecule has 0 heterocycles. The number of alkyl carbamates (subject to hydrolysis) is 2. The Hall–Kier alpha value is -3.08. The van der Waals surface area contributed by atoms with E-state index < -0.39 is 40.4 Å². The highest BCUT2D eigenvalue weighted by atomic mass is 16.7. The first-order valence-corrected chi connectivity index (χ1v) is 11.0. The van der Waals surface area contributed by atoms with Gasteiger partial charge >= 0.3 is 18.2 Å². The highest BCUT2D eigenvalue weighted by Gasteiger charge is 2.34. The van der Waals surface area contributed by atoms with E-state index in [2.05, 4.69) is 27.4 Å². The number of nitrogens with zero attached hydrogens (tertiary/aromatic N) is 1. The Kier molecular flexibility index (Phi) is 18.9. The zero-order chi connectivity index (χ0) is 31.5. The number of terminal acetylenes is 1. The summed E-state index contributed by atoms with van der Waals surface area (Å²) in [6.45, 7) is 16.3. The van der Waals surface area contributed by atoms with Gasteiger partial charge in [0.25, 0.3) is 5.91 Å². The summed E-state index contributed by atoms with van der Waals surface area (Å²) < 4.78 is 15.7. The van der Waals surface area contributed by atoms with Crippen LogP contribution in [0, 0.1) is 12.8 Å². The number of likely N-dealkylation sites (N-methyl/N-ethyl adjacent to an activating group) is 1. The maximum absolute atomic E-state index is 11.8. The summed E-state index contributed by atoms with van der Waals surface area (Å²) in [7, 11) is 6.13. The van der Waals surface area contributed by atoms with E-state index in [-0.39, 0.29) is 5.91 Å². The van der Waals surface area contributed by atoms with Crippen molar-refractivity contribution in [3.8, 4) is 12.8 Å². The van der Waals surface area contributed by atoms with E-state index >= 15 is 0 Å². The Balaban J connectivity index is -0.000000246. The minimum Gasteiger partial charge on any atom is -0.480 e. The molecular weight excluding hydrogens is 488 g/mol. The van der Waals surface area contributed by atoms with Crippen molar-refractivity contribution in [3.05, 3.63) is 0 Å². The lowest BCUT2D eigenvalue weighted by atomic mass is 10.1. The molecule has 0 aromatic carbocycles. The summed E-state index contributed by atoms with van der Waals surface area (Å²) in [4.78, 5) is 54.3. The monoisotopic (exact) mass is 537 g/mol. The van der Waals surface area contributed by atoms with Gasteiger partial charge in [-0.2, -0.15) is 0 Å². The molecule has 0 rings (SSSR count). The number of carbonyl (C=O) groups excluding carboxylic acids is 3. The Bertz CT molecular complexity index is 766. The quantitative estimate of drug-likeness (QED) is 0.292. The summed E-state index contributed by atoms with van der Waals surface area (Å²) in [6, 6.07) is 0. The van der Waals surface area contributed by atoms with E-state index in [1.54, 1.807) is 69.5 Å². The Morgan fingerprint density at radius 1 is 0.811 bits per heavy atom. The van der Waals surface area contributed by atoms with Gasteiger partial charge in [-0.3, -0.25) is 9.63 Å². The molecule has 13 heteroatoms. The van der Waals surface area contributed by atoms with Crippen LogP contribution in [0.15, 0.2) is 0 Å². The first kappa shape index (κ1) is 38.5. The highest BCUT2D eigenvalue weighted by Crippen LogP contribution is 2.11. The van der Waals surface area contributed by atoms with Gasteiger partial charge in [-0.05, 0) is 69.2 Å². The normalized spacial score (nSPS) is 11.1. The number of rotatable bonds is 6. The van der Waals surface area contributed by atoms with E-state index in [0.717, 1.165) is 5.06 Å². The first-order valence-electron chi connectivity index (χ1n) is 11.5. The third-order valence-electron chi connectivity index (χ3n) is 3.46. The van der Waals surface area contributed by atoms with E-state index in [1.165, 1.54) is 34.4 Å². The standard InChI is InChI=1S/C11H22N2O4.C9H17NO4.C2H7NO.C2H2/c1-10(2,3)17-9(15)12-11(4,5)8(14)13(6)16-7;1-8(2,3)14-7(13)10-9(4,5)6(11)12;1-3-4-2;1-2/h1-7H3,(H,12,15);1-5H3,(H,10,13)(H,11,12);3H,1-2H3;1-2H/i;;;1D. The zero-order valence-corrected chi connectivity index (χ0v) is 24.7. The number of hydrogen-bond acceptors (Lipinski definition) is 9. The summed E-state index contributed by atoms with van der Waals surface area (Å²) >= 11 is 0. The van der Waals surface area contributed by atoms with Gasteiger partial charge in [0.15, 0.2) is 0 Å². The molecule has 0 aromatic heterocycles. The number of ether oxygens (including phenoxy) is 2. The minimum atomic E-state index is -1.32. The summed E-state index contributed by atoms with van der Waals surface area (Å²) in [5.74, 6) is -1.48. The largest absolute Gasteiger partial charge is 0.480 e. The molecule has 0 fully saturated rings. The molecule has 0 bridgehead atoms. The molecule has 218 valence electrons. The van der Waals surface area contributed by atoms with Crippen LogP contribution >= 0.6 is 0 Å². The Morgan fingerprint density at radius 2 is 1.11 bits per heavy atom. The van der Waals surface area contributed by atoms with Crippen molar-refractivity contribution < 1.29 is 44.8 Å². The molecule has 0 unspecified atom stereocenters. The molecule has 37 heavy (non-hydrogen) atoms. The van der Waals surface area contributed by atoms with E-state index in [4.69, 9.17) is 20.8 Å². The molecule has 4 N–H and O–H groups in total. The Morgan fingerprint density at radius 3 is 1.32 bits per heavy atom. The Labute approximate surface area is 223 Å². The number of hydrogen-bond donors (Lipinski definition) is 4. The lowest BCUT2D eigenvalue weighted by molar-refractivity contribution is -0.174. The van der Waals surface area contributed by atoms with Crippen molar-refractivity contribution in [2.45, 2.75) is 91.5 Å². The fraction of sp³-hybridized carbons (Fsp3) is 0.750. The van der Waals surface area contributed by atoms with Crippen LogP contribution in [0.5, 0.6) is 0 Å². The maximum atomic E-state index is 11.8. The number of carboxylic acid groups (broad SMARTS) is 1. The third-order valence-corrected chi connectivity index (χ3v) is 3.46. The zero-order valence-electron chi connectivity index (χ0n) is 25.7. The van der Waals surface area contributed by atoms with E-state index in [9.17, 15) is 19.2 Å². The number of aliphatic carboxylic acids is 1. The molecule has 0 atom stereocenters. The van der Waals surface area contributed by atoms with Crippen LogP contribution in [0.2, 0.25) is 0 Å². The molecule has 3 amide bonds. The molecule has 0 spiro atoms. The molecular formula is C24H48N4O9. The fourth-order valence-corrected chi connectivity index (χ4v) is 1.70. The van der Waals surface area contributed by atoms with Gasteiger partial charge < -0.3 is 30.1 Å². The summed E-state index contributed by atoms with van der Waals surface area (Å²) in [5, 5.41) is 14.5. The van der Waals surface area contributed by atoms with Gasteiger partial charge in [-0.1, -0.05) is 0 Å². The lowest BCUT2D eigenvalue weighted by Gasteiger charge is -2.30. The number of carbonyl (C=O) groups is 4. The predicted molar refractivity (Wildman–Crippen MR) is 140 cm³/mol.